The summed E-state index contributed by atoms with van der Waals surface area (Å²) in [5.74, 6) is 0.871. The van der Waals surface area contributed by atoms with Crippen molar-refractivity contribution in [1.82, 2.24) is 30.0 Å². The highest BCUT2D eigenvalue weighted by Crippen LogP contribution is 2.32. The Morgan fingerprint density at radius 2 is 2.08 bits per heavy atom. The molecule has 2 aliphatic heterocycles. The zero-order valence-corrected chi connectivity index (χ0v) is 15.8. The first kappa shape index (κ1) is 17.9. The Hall–Kier alpha value is -1.54. The number of tetrazole rings is 1. The van der Waals surface area contributed by atoms with Crippen LogP contribution in [0.3, 0.4) is 0 Å². The molecule has 2 saturated heterocycles. The summed E-state index contributed by atoms with van der Waals surface area (Å²) < 4.78 is 7.08. The van der Waals surface area contributed by atoms with E-state index in [9.17, 15) is 0 Å². The van der Waals surface area contributed by atoms with Crippen LogP contribution in [0.5, 0.6) is 0 Å². The molecular weight excluding hydrogens is 352 g/mol. The van der Waals surface area contributed by atoms with E-state index in [2.05, 4.69) is 37.5 Å². The van der Waals surface area contributed by atoms with E-state index < -0.39 is 0 Å². The monoisotopic (exact) mass is 376 g/mol. The molecule has 1 aromatic heterocycles. The summed E-state index contributed by atoms with van der Waals surface area (Å²) in [6.45, 7) is 5.63. The second-order valence-corrected chi connectivity index (χ2v) is 7.47. The highest BCUT2D eigenvalue weighted by Gasteiger charge is 2.36. The molecular formula is C18H25ClN6O. The van der Waals surface area contributed by atoms with Crippen LogP contribution in [0.25, 0.3) is 0 Å². The van der Waals surface area contributed by atoms with Crippen LogP contribution >= 0.6 is 11.6 Å². The highest BCUT2D eigenvalue weighted by molar-refractivity contribution is 6.30. The molecule has 0 spiro atoms. The van der Waals surface area contributed by atoms with E-state index in [1.165, 1.54) is 24.9 Å². The molecule has 2 aliphatic rings. The number of ether oxygens (including phenoxy) is 1. The summed E-state index contributed by atoms with van der Waals surface area (Å²) in [7, 11) is 1.69. The van der Waals surface area contributed by atoms with Crippen molar-refractivity contribution in [2.24, 2.45) is 0 Å². The number of hydrogen-bond donors (Lipinski definition) is 0. The number of aromatic nitrogens is 4. The summed E-state index contributed by atoms with van der Waals surface area (Å²) in [5, 5.41) is 13.3. The number of hydrogen-bond acceptors (Lipinski definition) is 6. The fourth-order valence-corrected chi connectivity index (χ4v) is 4.29. The number of halogens is 1. The van der Waals surface area contributed by atoms with E-state index in [1.54, 1.807) is 7.11 Å². The van der Waals surface area contributed by atoms with Crippen molar-refractivity contribution in [1.29, 1.82) is 0 Å². The van der Waals surface area contributed by atoms with Crippen LogP contribution in [0.4, 0.5) is 0 Å². The lowest BCUT2D eigenvalue weighted by molar-refractivity contribution is 0.0785. The van der Waals surface area contributed by atoms with Crippen molar-refractivity contribution in [2.45, 2.75) is 31.5 Å². The summed E-state index contributed by atoms with van der Waals surface area (Å²) in [6, 6.07) is 8.73. The third-order valence-electron chi connectivity index (χ3n) is 5.48. The minimum absolute atomic E-state index is 0.0295. The lowest BCUT2D eigenvalue weighted by atomic mass is 10.0. The average Bonchev–Trinajstić information content (AvgIpc) is 3.31. The SMILES string of the molecule is COCCn1nnnc1[C@H](c1ccc(Cl)cc1)N1CCN2CCC[C@H]2C1. The van der Waals surface area contributed by atoms with Crippen LogP contribution in [0.15, 0.2) is 24.3 Å². The quantitative estimate of drug-likeness (QED) is 0.766. The zero-order chi connectivity index (χ0) is 17.9. The molecule has 0 radical (unpaired) electrons. The average molecular weight is 377 g/mol. The van der Waals surface area contributed by atoms with Crippen LogP contribution in [-0.2, 0) is 11.3 Å². The maximum absolute atomic E-state index is 6.12. The molecule has 0 bridgehead atoms. The molecule has 2 fully saturated rings. The largest absolute Gasteiger partial charge is 0.383 e. The van der Waals surface area contributed by atoms with Crippen molar-refractivity contribution in [3.63, 3.8) is 0 Å². The number of rotatable bonds is 6. The molecule has 2 aromatic rings. The van der Waals surface area contributed by atoms with Gasteiger partial charge in [-0.3, -0.25) is 9.80 Å². The van der Waals surface area contributed by atoms with Gasteiger partial charge in [0.2, 0.25) is 0 Å². The molecule has 1 aromatic carbocycles. The molecule has 4 rings (SSSR count). The second kappa shape index (κ2) is 8.00. The normalized spacial score (nSPS) is 22.5. The van der Waals surface area contributed by atoms with Crippen LogP contribution < -0.4 is 0 Å². The molecule has 0 unspecified atom stereocenters. The molecule has 26 heavy (non-hydrogen) atoms. The van der Waals surface area contributed by atoms with Crippen LogP contribution in [0.2, 0.25) is 5.02 Å². The standard InChI is InChI=1S/C18H25ClN6O/c1-26-12-11-25-18(20-21-22-25)17(14-4-6-15(19)7-5-14)24-10-9-23-8-2-3-16(23)13-24/h4-7,16-17H,2-3,8-13H2,1H3/t16-,17-/m0/s1. The van der Waals surface area contributed by atoms with Crippen molar-refractivity contribution >= 4 is 11.6 Å². The summed E-state index contributed by atoms with van der Waals surface area (Å²) in [5.41, 5.74) is 1.18. The van der Waals surface area contributed by atoms with Gasteiger partial charge in [0, 0.05) is 37.8 Å². The maximum Gasteiger partial charge on any atom is 0.173 e. The predicted octanol–water partition coefficient (Wildman–Crippen LogP) is 1.84. The van der Waals surface area contributed by atoms with E-state index in [-0.39, 0.29) is 6.04 Å². The number of methoxy groups -OCH3 is 1. The third kappa shape index (κ3) is 3.62. The minimum atomic E-state index is 0.0295. The molecule has 0 saturated carbocycles. The Kier molecular flexibility index (Phi) is 5.49. The van der Waals surface area contributed by atoms with Gasteiger partial charge in [-0.05, 0) is 47.5 Å². The molecule has 7 nitrogen and oxygen atoms in total. The molecule has 8 heteroatoms. The van der Waals surface area contributed by atoms with Gasteiger partial charge in [0.15, 0.2) is 5.82 Å². The number of fused-ring (bicyclic) bond motifs is 1. The van der Waals surface area contributed by atoms with E-state index in [0.717, 1.165) is 30.5 Å². The Balaban J connectivity index is 1.66. The zero-order valence-electron chi connectivity index (χ0n) is 15.1. The Bertz CT molecular complexity index is 721. The second-order valence-electron chi connectivity index (χ2n) is 7.03. The first-order chi connectivity index (χ1) is 12.8. The fraction of sp³-hybridized carbons (Fsp3) is 0.611. The fourth-order valence-electron chi connectivity index (χ4n) is 4.16. The van der Waals surface area contributed by atoms with Gasteiger partial charge in [-0.1, -0.05) is 23.7 Å². The van der Waals surface area contributed by atoms with Crippen molar-refractivity contribution in [2.75, 3.05) is 39.9 Å². The van der Waals surface area contributed by atoms with Gasteiger partial charge in [0.1, 0.15) is 0 Å². The highest BCUT2D eigenvalue weighted by atomic mass is 35.5. The summed E-state index contributed by atoms with van der Waals surface area (Å²) in [6.07, 6.45) is 2.58. The lowest BCUT2D eigenvalue weighted by Gasteiger charge is -2.41. The first-order valence-corrected chi connectivity index (χ1v) is 9.62. The van der Waals surface area contributed by atoms with Crippen LogP contribution in [0, 0.1) is 0 Å². The smallest absolute Gasteiger partial charge is 0.173 e. The van der Waals surface area contributed by atoms with Gasteiger partial charge in [0.25, 0.3) is 0 Å². The van der Waals surface area contributed by atoms with Gasteiger partial charge in [-0.25, -0.2) is 4.68 Å². The topological polar surface area (TPSA) is 59.3 Å². The number of nitrogens with zero attached hydrogens (tertiary/aromatic N) is 6. The predicted molar refractivity (Wildman–Crippen MR) is 99.2 cm³/mol. The molecule has 3 heterocycles. The molecule has 0 N–H and O–H groups in total. The van der Waals surface area contributed by atoms with Gasteiger partial charge >= 0.3 is 0 Å². The molecule has 2 atom stereocenters. The lowest BCUT2D eigenvalue weighted by Crippen LogP contribution is -2.51. The Morgan fingerprint density at radius 3 is 2.88 bits per heavy atom. The molecule has 0 aliphatic carbocycles. The number of benzene rings is 1. The van der Waals surface area contributed by atoms with Crippen molar-refractivity contribution in [3.05, 3.63) is 40.7 Å². The van der Waals surface area contributed by atoms with Crippen molar-refractivity contribution < 1.29 is 4.74 Å². The van der Waals surface area contributed by atoms with Gasteiger partial charge < -0.3 is 4.74 Å². The molecule has 0 amide bonds. The third-order valence-corrected chi connectivity index (χ3v) is 5.73. The van der Waals surface area contributed by atoms with E-state index >= 15 is 0 Å². The maximum atomic E-state index is 6.12. The Morgan fingerprint density at radius 1 is 1.23 bits per heavy atom. The van der Waals surface area contributed by atoms with Crippen LogP contribution in [-0.4, -0.2) is 75.9 Å². The summed E-state index contributed by atoms with van der Waals surface area (Å²) in [4.78, 5) is 5.13. The van der Waals surface area contributed by atoms with Gasteiger partial charge in [0.05, 0.1) is 19.2 Å². The van der Waals surface area contributed by atoms with Gasteiger partial charge in [-0.15, -0.1) is 5.10 Å². The summed E-state index contributed by atoms with van der Waals surface area (Å²) >= 11 is 6.12. The minimum Gasteiger partial charge on any atom is -0.383 e. The molecule has 140 valence electrons. The van der Waals surface area contributed by atoms with E-state index in [1.807, 2.05) is 16.8 Å². The van der Waals surface area contributed by atoms with Crippen molar-refractivity contribution in [3.8, 4) is 0 Å². The van der Waals surface area contributed by atoms with E-state index in [0.29, 0.717) is 19.2 Å². The van der Waals surface area contributed by atoms with E-state index in [4.69, 9.17) is 16.3 Å². The van der Waals surface area contributed by atoms with Gasteiger partial charge in [-0.2, -0.15) is 0 Å². The number of piperazine rings is 1. The van der Waals surface area contributed by atoms with Crippen LogP contribution in [0.1, 0.15) is 30.3 Å². The first-order valence-electron chi connectivity index (χ1n) is 9.25. The Labute approximate surface area is 158 Å².